The van der Waals surface area contributed by atoms with E-state index >= 15 is 0 Å². The summed E-state index contributed by atoms with van der Waals surface area (Å²) in [4.78, 5) is 22.2. The van der Waals surface area contributed by atoms with Gasteiger partial charge in [0.05, 0.1) is 12.0 Å². The number of nitrogens with two attached hydrogens (primary N) is 1. The molecule has 0 saturated heterocycles. The summed E-state index contributed by atoms with van der Waals surface area (Å²) in [5.74, 6) is -1.29. The summed E-state index contributed by atoms with van der Waals surface area (Å²) in [7, 11) is 0. The van der Waals surface area contributed by atoms with Crippen LogP contribution in [-0.2, 0) is 4.79 Å². The zero-order valence-corrected chi connectivity index (χ0v) is 12.6. The normalized spacial score (nSPS) is 16.9. The number of rotatable bonds is 5. The van der Waals surface area contributed by atoms with Crippen molar-refractivity contribution in [3.05, 3.63) is 28.2 Å². The number of carbonyl (C=O) groups excluding carboxylic acids is 1. The van der Waals surface area contributed by atoms with Crippen LogP contribution in [-0.4, -0.2) is 22.5 Å². The fourth-order valence-electron chi connectivity index (χ4n) is 2.79. The van der Waals surface area contributed by atoms with E-state index < -0.39 is 11.9 Å². The van der Waals surface area contributed by atoms with Crippen LogP contribution in [0.25, 0.3) is 0 Å². The predicted octanol–water partition coefficient (Wildman–Crippen LogP) is 2.75. The molecule has 108 valence electrons. The molecule has 0 spiro atoms. The van der Waals surface area contributed by atoms with Gasteiger partial charge in [0.15, 0.2) is 0 Å². The number of carbonyl (C=O) groups is 2. The topological polar surface area (TPSA) is 92.4 Å². The molecule has 0 radical (unpaired) electrons. The van der Waals surface area contributed by atoms with Gasteiger partial charge in [0.2, 0.25) is 5.91 Å². The highest BCUT2D eigenvalue weighted by Gasteiger charge is 2.36. The van der Waals surface area contributed by atoms with Gasteiger partial charge in [-0.3, -0.25) is 9.59 Å². The van der Waals surface area contributed by atoms with Crippen molar-refractivity contribution in [1.82, 2.24) is 0 Å². The Labute approximate surface area is 125 Å². The van der Waals surface area contributed by atoms with E-state index in [4.69, 9.17) is 10.8 Å². The van der Waals surface area contributed by atoms with Crippen LogP contribution >= 0.6 is 15.9 Å². The van der Waals surface area contributed by atoms with E-state index in [9.17, 15) is 9.59 Å². The van der Waals surface area contributed by atoms with Crippen LogP contribution in [0.1, 0.15) is 42.5 Å². The molecule has 0 bridgehead atoms. The van der Waals surface area contributed by atoms with Crippen molar-refractivity contribution in [2.24, 2.45) is 5.73 Å². The Morgan fingerprint density at radius 2 is 2.00 bits per heavy atom. The quantitative estimate of drug-likeness (QED) is 0.768. The fourth-order valence-corrected chi connectivity index (χ4v) is 3.36. The molecule has 6 heteroatoms. The monoisotopic (exact) mass is 340 g/mol. The second-order valence-electron chi connectivity index (χ2n) is 5.24. The molecule has 0 unspecified atom stereocenters. The molecule has 0 aliphatic heterocycles. The molecule has 0 aromatic heterocycles. The average Bonchev–Trinajstić information content (AvgIpc) is 2.75. The number of carboxylic acid groups (broad SMARTS) is 1. The van der Waals surface area contributed by atoms with Crippen molar-refractivity contribution in [3.63, 3.8) is 0 Å². The maximum Gasteiger partial charge on any atom is 0.305 e. The zero-order valence-electron chi connectivity index (χ0n) is 11.0. The summed E-state index contributed by atoms with van der Waals surface area (Å²) in [6.07, 6.45) is 3.84. The van der Waals surface area contributed by atoms with Crippen molar-refractivity contribution in [1.29, 1.82) is 0 Å². The molecule has 2 rings (SSSR count). The third-order valence-electron chi connectivity index (χ3n) is 3.69. The Hall–Kier alpha value is -1.56. The van der Waals surface area contributed by atoms with Crippen LogP contribution in [0.2, 0.25) is 0 Å². The number of carboxylic acids is 1. The lowest BCUT2D eigenvalue weighted by atomic mass is 9.92. The lowest BCUT2D eigenvalue weighted by Crippen LogP contribution is -2.37. The van der Waals surface area contributed by atoms with Gasteiger partial charge < -0.3 is 16.2 Å². The second-order valence-corrected chi connectivity index (χ2v) is 6.10. The van der Waals surface area contributed by atoms with Gasteiger partial charge >= 0.3 is 5.97 Å². The number of hydrogen-bond acceptors (Lipinski definition) is 3. The third-order valence-corrected chi connectivity index (χ3v) is 4.35. The van der Waals surface area contributed by atoms with Crippen molar-refractivity contribution in [2.75, 3.05) is 5.32 Å². The summed E-state index contributed by atoms with van der Waals surface area (Å²) >= 11 is 3.31. The van der Waals surface area contributed by atoms with E-state index in [0.29, 0.717) is 10.0 Å². The van der Waals surface area contributed by atoms with Crippen molar-refractivity contribution in [2.45, 2.75) is 37.6 Å². The average molecular weight is 341 g/mol. The van der Waals surface area contributed by atoms with Crippen molar-refractivity contribution in [3.8, 4) is 0 Å². The third kappa shape index (κ3) is 3.30. The molecule has 1 aromatic rings. The molecule has 4 N–H and O–H groups in total. The Kier molecular flexibility index (Phi) is 4.32. The van der Waals surface area contributed by atoms with E-state index in [-0.39, 0.29) is 12.0 Å². The first-order valence-corrected chi connectivity index (χ1v) is 7.30. The Bertz CT molecular complexity index is 539. The van der Waals surface area contributed by atoms with Gasteiger partial charge in [-0.05, 0) is 47.0 Å². The molecular formula is C14H17BrN2O3. The number of benzene rings is 1. The highest BCUT2D eigenvalue weighted by molar-refractivity contribution is 9.10. The highest BCUT2D eigenvalue weighted by atomic mass is 79.9. The Morgan fingerprint density at radius 3 is 2.50 bits per heavy atom. The molecule has 1 fully saturated rings. The Morgan fingerprint density at radius 1 is 1.35 bits per heavy atom. The van der Waals surface area contributed by atoms with Gasteiger partial charge in [0.25, 0.3) is 0 Å². The fraction of sp³-hybridized carbons (Fsp3) is 0.429. The number of anilines is 1. The summed E-state index contributed by atoms with van der Waals surface area (Å²) in [6, 6.07) is 5.16. The van der Waals surface area contributed by atoms with E-state index in [1.54, 1.807) is 18.2 Å². The minimum atomic E-state index is -0.799. The molecule has 5 nitrogen and oxygen atoms in total. The summed E-state index contributed by atoms with van der Waals surface area (Å²) in [6.45, 7) is 0. The zero-order chi connectivity index (χ0) is 14.8. The van der Waals surface area contributed by atoms with Crippen LogP contribution in [0.15, 0.2) is 22.7 Å². The van der Waals surface area contributed by atoms with Crippen LogP contribution in [0, 0.1) is 0 Å². The molecule has 1 aliphatic carbocycles. The molecule has 20 heavy (non-hydrogen) atoms. The van der Waals surface area contributed by atoms with E-state index in [1.165, 1.54) is 0 Å². The largest absolute Gasteiger partial charge is 0.481 e. The van der Waals surface area contributed by atoms with Crippen LogP contribution in [0.5, 0.6) is 0 Å². The summed E-state index contributed by atoms with van der Waals surface area (Å²) in [5.41, 5.74) is 6.07. The standard InChI is InChI=1S/C14H17BrN2O3/c15-11-7-9(3-4-10(11)13(16)20)17-14(8-12(18)19)5-1-2-6-14/h3-4,7,17H,1-2,5-6,8H2,(H2,16,20)(H,18,19). The molecule has 0 heterocycles. The number of nitrogens with one attached hydrogen (secondary N) is 1. The van der Waals surface area contributed by atoms with Crippen LogP contribution in [0.4, 0.5) is 5.69 Å². The number of hydrogen-bond donors (Lipinski definition) is 3. The SMILES string of the molecule is NC(=O)c1ccc(NC2(CC(=O)O)CCCC2)cc1Br. The number of primary amides is 1. The van der Waals surface area contributed by atoms with Crippen molar-refractivity contribution < 1.29 is 14.7 Å². The van der Waals surface area contributed by atoms with Gasteiger partial charge in [-0.1, -0.05) is 12.8 Å². The maximum atomic E-state index is 11.2. The summed E-state index contributed by atoms with van der Waals surface area (Å²) < 4.78 is 0.610. The maximum absolute atomic E-state index is 11.2. The smallest absolute Gasteiger partial charge is 0.305 e. The first-order valence-electron chi connectivity index (χ1n) is 6.51. The first kappa shape index (κ1) is 14.8. The van der Waals surface area contributed by atoms with E-state index in [1.807, 2.05) is 0 Å². The second kappa shape index (κ2) is 5.83. The minimum Gasteiger partial charge on any atom is -0.481 e. The van der Waals surface area contributed by atoms with E-state index in [0.717, 1.165) is 31.4 Å². The first-order chi connectivity index (χ1) is 9.42. The molecule has 1 amide bonds. The molecule has 0 atom stereocenters. The van der Waals surface area contributed by atoms with E-state index in [2.05, 4.69) is 21.2 Å². The van der Waals surface area contributed by atoms with Gasteiger partial charge in [-0.2, -0.15) is 0 Å². The number of halogens is 1. The molecule has 1 saturated carbocycles. The minimum absolute atomic E-state index is 0.0994. The Balaban J connectivity index is 2.21. The summed E-state index contributed by atoms with van der Waals surface area (Å²) in [5, 5.41) is 12.4. The number of aliphatic carboxylic acids is 1. The predicted molar refractivity (Wildman–Crippen MR) is 79.7 cm³/mol. The number of amides is 1. The van der Waals surface area contributed by atoms with Gasteiger partial charge in [0, 0.05) is 15.7 Å². The van der Waals surface area contributed by atoms with Crippen LogP contribution in [0.3, 0.4) is 0 Å². The molecule has 1 aliphatic rings. The molecule has 1 aromatic carbocycles. The molecular weight excluding hydrogens is 324 g/mol. The van der Waals surface area contributed by atoms with Gasteiger partial charge in [-0.25, -0.2) is 0 Å². The van der Waals surface area contributed by atoms with Crippen molar-refractivity contribution >= 4 is 33.5 Å². The highest BCUT2D eigenvalue weighted by Crippen LogP contribution is 2.36. The van der Waals surface area contributed by atoms with Crippen LogP contribution < -0.4 is 11.1 Å². The lowest BCUT2D eigenvalue weighted by Gasteiger charge is -2.30. The van der Waals surface area contributed by atoms with Gasteiger partial charge in [-0.15, -0.1) is 0 Å². The lowest BCUT2D eigenvalue weighted by molar-refractivity contribution is -0.138. The van der Waals surface area contributed by atoms with Gasteiger partial charge in [0.1, 0.15) is 0 Å².